The van der Waals surface area contributed by atoms with Crippen molar-refractivity contribution in [3.63, 3.8) is 0 Å². The average Bonchev–Trinajstić information content (AvgIpc) is 2.20. The van der Waals surface area contributed by atoms with Crippen molar-refractivity contribution in [3.05, 3.63) is 0 Å². The summed E-state index contributed by atoms with van der Waals surface area (Å²) in [5, 5.41) is 8.56. The van der Waals surface area contributed by atoms with Crippen LogP contribution >= 0.6 is 0 Å². The molecule has 0 aromatic rings. The van der Waals surface area contributed by atoms with Crippen molar-refractivity contribution in [1.82, 2.24) is 4.90 Å². The van der Waals surface area contributed by atoms with Crippen LogP contribution in [0.5, 0.6) is 0 Å². The highest BCUT2D eigenvalue weighted by atomic mass is 16.5. The van der Waals surface area contributed by atoms with E-state index in [1.54, 1.807) is 19.1 Å². The van der Waals surface area contributed by atoms with Crippen molar-refractivity contribution >= 4 is 5.91 Å². The van der Waals surface area contributed by atoms with Crippen LogP contribution in [-0.4, -0.2) is 49.8 Å². The molecule has 4 heteroatoms. The zero-order valence-corrected chi connectivity index (χ0v) is 9.16. The molecule has 0 fully saturated rings. The van der Waals surface area contributed by atoms with Crippen molar-refractivity contribution in [2.24, 2.45) is 0 Å². The van der Waals surface area contributed by atoms with Crippen LogP contribution in [0.4, 0.5) is 0 Å². The highest BCUT2D eigenvalue weighted by Crippen LogP contribution is 1.98. The highest BCUT2D eigenvalue weighted by Gasteiger charge is 2.06. The molecule has 14 heavy (non-hydrogen) atoms. The van der Waals surface area contributed by atoms with Crippen LogP contribution < -0.4 is 0 Å². The number of amides is 1. The number of hydrogen-bond donors (Lipinski definition) is 1. The fraction of sp³-hybridized carbons (Fsp3) is 0.900. The van der Waals surface area contributed by atoms with Crippen LogP contribution in [0, 0.1) is 0 Å². The minimum absolute atomic E-state index is 0.121. The molecule has 0 aliphatic rings. The normalized spacial score (nSPS) is 10.2. The van der Waals surface area contributed by atoms with E-state index >= 15 is 0 Å². The Morgan fingerprint density at radius 1 is 1.36 bits per heavy atom. The van der Waals surface area contributed by atoms with Crippen LogP contribution in [-0.2, 0) is 9.53 Å². The van der Waals surface area contributed by atoms with Gasteiger partial charge in [0.15, 0.2) is 0 Å². The zero-order valence-electron chi connectivity index (χ0n) is 9.16. The van der Waals surface area contributed by atoms with E-state index in [1.807, 2.05) is 0 Å². The van der Waals surface area contributed by atoms with E-state index in [4.69, 9.17) is 9.84 Å². The van der Waals surface area contributed by atoms with Gasteiger partial charge in [-0.3, -0.25) is 4.79 Å². The third-order valence-corrected chi connectivity index (χ3v) is 2.10. The maximum atomic E-state index is 11.4. The smallest absolute Gasteiger partial charge is 0.224 e. The van der Waals surface area contributed by atoms with Gasteiger partial charge in [-0.1, -0.05) is 0 Å². The number of unbranched alkanes of at least 4 members (excludes halogenated alkanes) is 2. The molecular formula is C10H21NO3. The first-order valence-electron chi connectivity index (χ1n) is 5.06. The summed E-state index contributed by atoms with van der Waals surface area (Å²) in [6.07, 6.45) is 3.20. The van der Waals surface area contributed by atoms with Crippen LogP contribution in [0.1, 0.15) is 25.7 Å². The molecule has 1 amide bonds. The van der Waals surface area contributed by atoms with Gasteiger partial charge in [0, 0.05) is 27.3 Å². The molecule has 4 nitrogen and oxygen atoms in total. The Bertz CT molecular complexity index is 150. The number of rotatable bonds is 8. The van der Waals surface area contributed by atoms with E-state index in [9.17, 15) is 4.79 Å². The van der Waals surface area contributed by atoms with Crippen molar-refractivity contribution in [3.8, 4) is 0 Å². The van der Waals surface area contributed by atoms with Gasteiger partial charge in [-0.15, -0.1) is 0 Å². The summed E-state index contributed by atoms with van der Waals surface area (Å²) < 4.78 is 4.83. The second-order valence-electron chi connectivity index (χ2n) is 3.34. The fourth-order valence-electron chi connectivity index (χ4n) is 1.14. The Balaban J connectivity index is 3.42. The number of ether oxygens (including phenoxy) is 1. The third-order valence-electron chi connectivity index (χ3n) is 2.10. The molecule has 0 saturated carbocycles. The standard InChI is InChI=1S/C10H21NO3/c1-11(7-4-3-5-8-12)10(13)6-9-14-2/h12H,3-9H2,1-2H3. The molecule has 84 valence electrons. The molecular weight excluding hydrogens is 182 g/mol. The van der Waals surface area contributed by atoms with E-state index in [0.29, 0.717) is 13.0 Å². The summed E-state index contributed by atoms with van der Waals surface area (Å²) in [5.74, 6) is 0.121. The summed E-state index contributed by atoms with van der Waals surface area (Å²) >= 11 is 0. The number of carbonyl (C=O) groups excluding carboxylic acids is 1. The van der Waals surface area contributed by atoms with Crippen LogP contribution in [0.15, 0.2) is 0 Å². The summed E-state index contributed by atoms with van der Waals surface area (Å²) in [7, 11) is 3.39. The maximum absolute atomic E-state index is 11.4. The van der Waals surface area contributed by atoms with Crippen LogP contribution in [0.2, 0.25) is 0 Å². The Labute approximate surface area is 85.9 Å². The third kappa shape index (κ3) is 6.86. The molecule has 1 N–H and O–H groups in total. The summed E-state index contributed by atoms with van der Waals surface area (Å²) in [6, 6.07) is 0. The largest absolute Gasteiger partial charge is 0.396 e. The van der Waals surface area contributed by atoms with E-state index in [0.717, 1.165) is 25.8 Å². The van der Waals surface area contributed by atoms with Gasteiger partial charge in [0.05, 0.1) is 13.0 Å². The minimum Gasteiger partial charge on any atom is -0.396 e. The van der Waals surface area contributed by atoms with Gasteiger partial charge in [0.2, 0.25) is 5.91 Å². The highest BCUT2D eigenvalue weighted by molar-refractivity contribution is 5.75. The maximum Gasteiger partial charge on any atom is 0.224 e. The zero-order chi connectivity index (χ0) is 10.8. The number of methoxy groups -OCH3 is 1. The summed E-state index contributed by atoms with van der Waals surface area (Å²) in [4.78, 5) is 13.1. The van der Waals surface area contributed by atoms with Crippen molar-refractivity contribution in [1.29, 1.82) is 0 Å². The molecule has 0 spiro atoms. The van der Waals surface area contributed by atoms with Gasteiger partial charge in [-0.25, -0.2) is 0 Å². The second kappa shape index (κ2) is 8.97. The Morgan fingerprint density at radius 3 is 2.64 bits per heavy atom. The van der Waals surface area contributed by atoms with Crippen LogP contribution in [0.3, 0.4) is 0 Å². The first-order valence-corrected chi connectivity index (χ1v) is 5.06. The Kier molecular flexibility index (Phi) is 8.57. The summed E-state index contributed by atoms with van der Waals surface area (Å²) in [5.41, 5.74) is 0. The first kappa shape index (κ1) is 13.4. The lowest BCUT2D eigenvalue weighted by Gasteiger charge is -2.16. The minimum atomic E-state index is 0.121. The molecule has 0 heterocycles. The quantitative estimate of drug-likeness (QED) is 0.589. The molecule has 0 aliphatic carbocycles. The lowest BCUT2D eigenvalue weighted by Crippen LogP contribution is -2.28. The Hall–Kier alpha value is -0.610. The number of carbonyl (C=O) groups is 1. The molecule has 0 saturated heterocycles. The van der Waals surface area contributed by atoms with Crippen LogP contribution in [0.25, 0.3) is 0 Å². The predicted octanol–water partition coefficient (Wildman–Crippen LogP) is 0.644. The second-order valence-corrected chi connectivity index (χ2v) is 3.34. The molecule has 0 aromatic heterocycles. The van der Waals surface area contributed by atoms with Gasteiger partial charge in [0.1, 0.15) is 0 Å². The topological polar surface area (TPSA) is 49.8 Å². The van der Waals surface area contributed by atoms with Gasteiger partial charge in [0.25, 0.3) is 0 Å². The monoisotopic (exact) mass is 203 g/mol. The average molecular weight is 203 g/mol. The van der Waals surface area contributed by atoms with E-state index < -0.39 is 0 Å². The molecule has 0 aromatic carbocycles. The number of nitrogens with zero attached hydrogens (tertiary/aromatic N) is 1. The molecule has 0 unspecified atom stereocenters. The Morgan fingerprint density at radius 2 is 2.07 bits per heavy atom. The van der Waals surface area contributed by atoms with Gasteiger partial charge >= 0.3 is 0 Å². The lowest BCUT2D eigenvalue weighted by atomic mass is 10.2. The van der Waals surface area contributed by atoms with E-state index in [2.05, 4.69) is 0 Å². The van der Waals surface area contributed by atoms with Gasteiger partial charge in [-0.2, -0.15) is 0 Å². The summed E-state index contributed by atoms with van der Waals surface area (Å²) in [6.45, 7) is 1.49. The molecule has 0 bridgehead atoms. The molecule has 0 atom stereocenters. The number of aliphatic hydroxyl groups is 1. The molecule has 0 aliphatic heterocycles. The van der Waals surface area contributed by atoms with E-state index in [-0.39, 0.29) is 12.5 Å². The van der Waals surface area contributed by atoms with Crippen molar-refractivity contribution < 1.29 is 14.6 Å². The SMILES string of the molecule is COCCC(=O)N(C)CCCCCO. The van der Waals surface area contributed by atoms with E-state index in [1.165, 1.54) is 0 Å². The molecule has 0 rings (SSSR count). The number of aliphatic hydroxyl groups excluding tert-OH is 1. The lowest BCUT2D eigenvalue weighted by molar-refractivity contribution is -0.130. The molecule has 0 radical (unpaired) electrons. The first-order chi connectivity index (χ1) is 6.72. The van der Waals surface area contributed by atoms with Crippen molar-refractivity contribution in [2.75, 3.05) is 33.9 Å². The fourth-order valence-corrected chi connectivity index (χ4v) is 1.14. The number of hydrogen-bond acceptors (Lipinski definition) is 3. The predicted molar refractivity (Wildman–Crippen MR) is 55.1 cm³/mol. The van der Waals surface area contributed by atoms with Gasteiger partial charge < -0.3 is 14.7 Å². The van der Waals surface area contributed by atoms with Crippen molar-refractivity contribution in [2.45, 2.75) is 25.7 Å². The van der Waals surface area contributed by atoms with Gasteiger partial charge in [-0.05, 0) is 19.3 Å².